The van der Waals surface area contributed by atoms with E-state index in [0.717, 1.165) is 16.8 Å². The van der Waals surface area contributed by atoms with Crippen molar-refractivity contribution in [2.45, 2.75) is 13.0 Å². The molecule has 0 bridgehead atoms. The summed E-state index contributed by atoms with van der Waals surface area (Å²) < 4.78 is 18.4. The van der Waals surface area contributed by atoms with Crippen LogP contribution in [0.4, 0.5) is 10.1 Å². The molecule has 2 aromatic rings. The number of hydrogen-bond donors (Lipinski definition) is 2. The molecule has 0 aliphatic rings. The topological polar surface area (TPSA) is 47.3 Å². The van der Waals surface area contributed by atoms with Gasteiger partial charge in [-0.2, -0.15) is 0 Å². The Balaban J connectivity index is 2.26. The molecule has 0 saturated heterocycles. The molecule has 2 aromatic carbocycles. The number of benzene rings is 2. The van der Waals surface area contributed by atoms with Gasteiger partial charge in [-0.1, -0.05) is 17.7 Å². The molecule has 2 rings (SSSR count). The van der Waals surface area contributed by atoms with Crippen molar-refractivity contribution in [2.75, 3.05) is 19.0 Å². The zero-order valence-corrected chi connectivity index (χ0v) is 12.7. The highest BCUT2D eigenvalue weighted by Gasteiger charge is 2.13. The fourth-order valence-corrected chi connectivity index (χ4v) is 2.47. The zero-order chi connectivity index (χ0) is 15.4. The monoisotopic (exact) mass is 308 g/mol. The van der Waals surface area contributed by atoms with Gasteiger partial charge in [-0.3, -0.25) is 0 Å². The molecule has 0 saturated carbocycles. The fraction of sp³-hybridized carbons (Fsp3) is 0.250. The van der Waals surface area contributed by atoms with Crippen molar-refractivity contribution in [1.29, 1.82) is 0 Å². The summed E-state index contributed by atoms with van der Waals surface area (Å²) in [4.78, 5) is 0. The molecule has 5 heteroatoms. The summed E-state index contributed by atoms with van der Waals surface area (Å²) in [6.07, 6.45) is 0. The Morgan fingerprint density at radius 2 is 2.05 bits per heavy atom. The van der Waals surface area contributed by atoms with Crippen LogP contribution in [0.1, 0.15) is 17.2 Å². The van der Waals surface area contributed by atoms with Gasteiger partial charge in [0, 0.05) is 23.3 Å². The Kier molecular flexibility index (Phi) is 5.04. The predicted molar refractivity (Wildman–Crippen MR) is 84.6 cm³/mol. The van der Waals surface area contributed by atoms with Crippen LogP contribution in [0.5, 0.6) is 5.75 Å². The van der Waals surface area contributed by atoms with E-state index in [4.69, 9.17) is 22.1 Å². The third kappa shape index (κ3) is 3.65. The van der Waals surface area contributed by atoms with E-state index in [1.54, 1.807) is 12.1 Å². The van der Waals surface area contributed by atoms with Crippen LogP contribution in [0.25, 0.3) is 0 Å². The predicted octanol–water partition coefficient (Wildman–Crippen LogP) is 3.91. The first-order valence-electron chi connectivity index (χ1n) is 6.61. The van der Waals surface area contributed by atoms with Crippen molar-refractivity contribution in [3.8, 4) is 5.75 Å². The number of methoxy groups -OCH3 is 1. The van der Waals surface area contributed by atoms with Crippen molar-refractivity contribution in [3.05, 3.63) is 58.4 Å². The molecular weight excluding hydrogens is 291 g/mol. The number of aryl methyl sites for hydroxylation is 1. The third-order valence-corrected chi connectivity index (χ3v) is 3.57. The van der Waals surface area contributed by atoms with Crippen molar-refractivity contribution >= 4 is 17.3 Å². The van der Waals surface area contributed by atoms with Crippen molar-refractivity contribution < 1.29 is 9.13 Å². The highest BCUT2D eigenvalue weighted by atomic mass is 35.5. The van der Waals surface area contributed by atoms with Crippen LogP contribution in [0.15, 0.2) is 36.4 Å². The van der Waals surface area contributed by atoms with Crippen LogP contribution >= 0.6 is 11.6 Å². The molecule has 0 radical (unpaired) electrons. The number of nitrogens with one attached hydrogen (secondary N) is 1. The maximum absolute atomic E-state index is 13.4. The van der Waals surface area contributed by atoms with Crippen molar-refractivity contribution in [1.82, 2.24) is 0 Å². The second-order valence-corrected chi connectivity index (χ2v) is 5.22. The third-order valence-electron chi connectivity index (χ3n) is 3.33. The largest absolute Gasteiger partial charge is 0.494 e. The first-order valence-corrected chi connectivity index (χ1v) is 6.99. The van der Waals surface area contributed by atoms with E-state index in [0.29, 0.717) is 11.6 Å². The summed E-state index contributed by atoms with van der Waals surface area (Å²) in [6, 6.07) is 10.2. The Bertz CT molecular complexity index is 634. The molecule has 0 amide bonds. The lowest BCUT2D eigenvalue weighted by Crippen LogP contribution is -2.21. The van der Waals surface area contributed by atoms with Crippen LogP contribution < -0.4 is 15.8 Å². The molecule has 0 fully saturated rings. The van der Waals surface area contributed by atoms with Gasteiger partial charge in [0.25, 0.3) is 0 Å². The summed E-state index contributed by atoms with van der Waals surface area (Å²) >= 11 is 5.97. The average molecular weight is 309 g/mol. The number of anilines is 1. The van der Waals surface area contributed by atoms with E-state index in [1.165, 1.54) is 13.2 Å². The lowest BCUT2D eigenvalue weighted by Gasteiger charge is -2.21. The van der Waals surface area contributed by atoms with Gasteiger partial charge in [0.05, 0.1) is 13.2 Å². The SMILES string of the molecule is COc1cc(NC(CN)c2ccc(Cl)cc2C)ccc1F. The number of hydrogen-bond acceptors (Lipinski definition) is 3. The maximum atomic E-state index is 13.4. The molecule has 3 N–H and O–H groups in total. The summed E-state index contributed by atoms with van der Waals surface area (Å²) in [5.74, 6) is -0.196. The Morgan fingerprint density at radius 1 is 1.29 bits per heavy atom. The number of halogens is 2. The Morgan fingerprint density at radius 3 is 2.67 bits per heavy atom. The highest BCUT2D eigenvalue weighted by Crippen LogP contribution is 2.27. The molecule has 21 heavy (non-hydrogen) atoms. The van der Waals surface area contributed by atoms with Crippen LogP contribution in [-0.4, -0.2) is 13.7 Å². The number of ether oxygens (including phenoxy) is 1. The van der Waals surface area contributed by atoms with Gasteiger partial charge in [-0.25, -0.2) is 4.39 Å². The normalized spacial score (nSPS) is 12.0. The molecule has 112 valence electrons. The molecule has 0 heterocycles. The van der Waals surface area contributed by atoms with Gasteiger partial charge < -0.3 is 15.8 Å². The Hall–Kier alpha value is -1.78. The highest BCUT2D eigenvalue weighted by molar-refractivity contribution is 6.30. The molecule has 0 aromatic heterocycles. The van der Waals surface area contributed by atoms with Crippen LogP contribution in [0.2, 0.25) is 5.02 Å². The average Bonchev–Trinajstić information content (AvgIpc) is 2.47. The quantitative estimate of drug-likeness (QED) is 0.880. The van der Waals surface area contributed by atoms with Gasteiger partial charge in [0.15, 0.2) is 11.6 Å². The lowest BCUT2D eigenvalue weighted by molar-refractivity contribution is 0.386. The summed E-state index contributed by atoms with van der Waals surface area (Å²) in [6.45, 7) is 2.39. The fourth-order valence-electron chi connectivity index (χ4n) is 2.24. The van der Waals surface area contributed by atoms with Gasteiger partial charge in [0.2, 0.25) is 0 Å². The van der Waals surface area contributed by atoms with Crippen LogP contribution in [0, 0.1) is 12.7 Å². The standard InChI is InChI=1S/C16H18ClFN2O/c1-10-7-11(17)3-5-13(10)15(9-19)20-12-4-6-14(18)16(8-12)21-2/h3-8,15,20H,9,19H2,1-2H3. The summed E-state index contributed by atoms with van der Waals surface area (Å²) in [5, 5.41) is 3.98. The molecule has 0 aliphatic carbocycles. The number of rotatable bonds is 5. The van der Waals surface area contributed by atoms with Crippen LogP contribution in [-0.2, 0) is 0 Å². The summed E-state index contributed by atoms with van der Waals surface area (Å²) in [7, 11) is 1.44. The van der Waals surface area contributed by atoms with Crippen molar-refractivity contribution in [2.24, 2.45) is 5.73 Å². The minimum atomic E-state index is -0.393. The number of nitrogens with two attached hydrogens (primary N) is 1. The van der Waals surface area contributed by atoms with Crippen LogP contribution in [0.3, 0.4) is 0 Å². The minimum Gasteiger partial charge on any atom is -0.494 e. The van der Waals surface area contributed by atoms with Gasteiger partial charge in [-0.05, 0) is 42.3 Å². The van der Waals surface area contributed by atoms with E-state index >= 15 is 0 Å². The lowest BCUT2D eigenvalue weighted by atomic mass is 10.0. The smallest absolute Gasteiger partial charge is 0.165 e. The van der Waals surface area contributed by atoms with E-state index in [9.17, 15) is 4.39 Å². The van der Waals surface area contributed by atoms with E-state index in [-0.39, 0.29) is 11.8 Å². The molecule has 0 aliphatic heterocycles. The van der Waals surface area contributed by atoms with E-state index in [2.05, 4.69) is 5.32 Å². The Labute approximate surface area is 128 Å². The van der Waals surface area contributed by atoms with E-state index < -0.39 is 5.82 Å². The van der Waals surface area contributed by atoms with Crippen molar-refractivity contribution in [3.63, 3.8) is 0 Å². The summed E-state index contributed by atoms with van der Waals surface area (Å²) in [5.41, 5.74) is 8.72. The molecule has 1 unspecified atom stereocenters. The minimum absolute atomic E-state index is 0.0857. The van der Waals surface area contributed by atoms with Gasteiger partial charge >= 0.3 is 0 Å². The molecular formula is C16H18ClFN2O. The second-order valence-electron chi connectivity index (χ2n) is 4.78. The maximum Gasteiger partial charge on any atom is 0.165 e. The van der Waals surface area contributed by atoms with E-state index in [1.807, 2.05) is 25.1 Å². The first kappa shape index (κ1) is 15.6. The molecule has 1 atom stereocenters. The zero-order valence-electron chi connectivity index (χ0n) is 12.0. The second kappa shape index (κ2) is 6.78. The molecule has 0 spiro atoms. The first-order chi connectivity index (χ1) is 10.0. The van der Waals surface area contributed by atoms with Gasteiger partial charge in [-0.15, -0.1) is 0 Å². The van der Waals surface area contributed by atoms with Gasteiger partial charge in [0.1, 0.15) is 0 Å². The molecule has 3 nitrogen and oxygen atoms in total.